The number of hydrogen-bond acceptors (Lipinski definition) is 23. The number of carboxylic acid groups (broad SMARTS) is 2. The Labute approximate surface area is 814 Å². The van der Waals surface area contributed by atoms with Crippen LogP contribution in [0.3, 0.4) is 0 Å². The number of nitrogens with zero attached hydrogens (tertiary/aromatic N) is 5. The summed E-state index contributed by atoms with van der Waals surface area (Å²) in [5, 5.41) is 72.1. The number of rotatable bonds is 20. The van der Waals surface area contributed by atoms with E-state index in [0.29, 0.717) is 68.4 Å². The van der Waals surface area contributed by atoms with Crippen LogP contribution in [0.4, 0.5) is 0 Å². The molecular weight excluding hydrogens is 1700 g/mol. The van der Waals surface area contributed by atoms with Crippen molar-refractivity contribution < 1.29 is 82.5 Å². The van der Waals surface area contributed by atoms with Crippen LogP contribution in [0.1, 0.15) is 285 Å². The van der Waals surface area contributed by atoms with E-state index in [0.717, 1.165) is 123 Å². The molecule has 773 valence electrons. The number of allylic oxidation sites excluding steroid dienone is 1. The average Bonchev–Trinajstić information content (AvgIpc) is 1.58. The molecule has 0 aromatic carbocycles. The van der Waals surface area contributed by atoms with Crippen molar-refractivity contribution in [3.8, 4) is 0 Å². The highest BCUT2D eigenvalue weighted by molar-refractivity contribution is 6.45. The van der Waals surface area contributed by atoms with E-state index in [1.54, 1.807) is 0 Å². The molecule has 0 aromatic heterocycles. The van der Waals surface area contributed by atoms with Gasteiger partial charge in [0.1, 0.15) is 11.1 Å². The summed E-state index contributed by atoms with van der Waals surface area (Å²) < 4.78 is 22.7. The summed E-state index contributed by atoms with van der Waals surface area (Å²) in [5.41, 5.74) is 5.98. The summed E-state index contributed by atoms with van der Waals surface area (Å²) in [6.45, 7) is 81.8. The smallest absolute Gasteiger partial charge is 0.480 e. The zero-order valence-electron chi connectivity index (χ0n) is 89.4. The average molecular weight is 1890 g/mol. The lowest BCUT2D eigenvalue weighted by atomic mass is 9.70. The number of carboxylic acids is 2. The Morgan fingerprint density at radius 1 is 0.418 bits per heavy atom. The van der Waals surface area contributed by atoms with Crippen molar-refractivity contribution in [2.24, 2.45) is 80.0 Å². The summed E-state index contributed by atoms with van der Waals surface area (Å²) in [5.74, 6) is 1.21. The van der Waals surface area contributed by atoms with Crippen LogP contribution in [0.5, 0.6) is 0 Å². The van der Waals surface area contributed by atoms with Gasteiger partial charge in [-0.2, -0.15) is 0 Å². The number of hydrogen-bond donors (Lipinski definition) is 14. The molecule has 16 N–H and O–H groups in total. The van der Waals surface area contributed by atoms with Crippen LogP contribution >= 0.6 is 0 Å². The maximum absolute atomic E-state index is 12.9. The molecular formula is C100H194B4N13O17. The second kappa shape index (κ2) is 51.5. The molecule has 1 radical (unpaired) electrons. The van der Waals surface area contributed by atoms with Crippen molar-refractivity contribution in [2.45, 2.75) is 365 Å². The zero-order valence-corrected chi connectivity index (χ0v) is 89.4. The number of carbonyl (C=O) groups is 7. The maximum Gasteiger partial charge on any atom is 0.488 e. The van der Waals surface area contributed by atoms with Gasteiger partial charge in [-0.25, -0.2) is 0 Å². The first-order valence-corrected chi connectivity index (χ1v) is 48.7. The van der Waals surface area contributed by atoms with Gasteiger partial charge in [0.2, 0.25) is 29.5 Å². The van der Waals surface area contributed by atoms with Gasteiger partial charge >= 0.3 is 41.0 Å². The molecule has 8 saturated heterocycles. The lowest BCUT2D eigenvalue weighted by Gasteiger charge is -2.43. The quantitative estimate of drug-likeness (QED) is 0.0398. The highest BCUT2D eigenvalue weighted by atomic mass is 16.7. The zero-order chi connectivity index (χ0) is 103. The first kappa shape index (κ1) is 127. The molecule has 1 saturated carbocycles. The van der Waals surface area contributed by atoms with E-state index in [1.807, 2.05) is 187 Å². The lowest BCUT2D eigenvalue weighted by Crippen LogP contribution is -2.60. The second-order valence-electron chi connectivity index (χ2n) is 49.5. The van der Waals surface area contributed by atoms with Gasteiger partial charge in [0.15, 0.2) is 0 Å². The van der Waals surface area contributed by atoms with Crippen molar-refractivity contribution in [2.75, 3.05) is 114 Å². The minimum Gasteiger partial charge on any atom is -0.480 e. The molecule has 14 atom stereocenters. The molecule has 9 aliphatic rings. The summed E-state index contributed by atoms with van der Waals surface area (Å²) in [6, 6.07) is 0. The van der Waals surface area contributed by atoms with E-state index in [-0.39, 0.29) is 146 Å². The fourth-order valence-electron chi connectivity index (χ4n) is 19.1. The van der Waals surface area contributed by atoms with E-state index in [4.69, 9.17) is 60.4 Å². The van der Waals surface area contributed by atoms with Crippen molar-refractivity contribution in [1.82, 2.24) is 56.4 Å². The molecule has 0 unspecified atom stereocenters. The Kier molecular flexibility index (Phi) is 48.8. The van der Waals surface area contributed by atoms with Crippen LogP contribution in [-0.4, -0.2) is 300 Å². The fourth-order valence-corrected chi connectivity index (χ4v) is 19.1. The Balaban J connectivity index is 0.000000774. The Bertz CT molecular complexity index is 3530. The first-order valence-electron chi connectivity index (χ1n) is 48.7. The van der Waals surface area contributed by atoms with Crippen LogP contribution in [0.15, 0.2) is 50.6 Å². The van der Waals surface area contributed by atoms with E-state index < -0.39 is 37.3 Å². The van der Waals surface area contributed by atoms with E-state index in [2.05, 4.69) is 149 Å². The third-order valence-electron chi connectivity index (χ3n) is 27.2. The van der Waals surface area contributed by atoms with Crippen molar-refractivity contribution in [3.63, 3.8) is 0 Å². The number of likely N-dealkylation sites (tertiary alicyclic amines) is 5. The minimum atomic E-state index is -1.33. The summed E-state index contributed by atoms with van der Waals surface area (Å²) in [6.07, 6.45) is 20.1. The Morgan fingerprint density at radius 3 is 1.00 bits per heavy atom. The van der Waals surface area contributed by atoms with Gasteiger partial charge in [-0.1, -0.05) is 64.3 Å². The van der Waals surface area contributed by atoms with Gasteiger partial charge in [-0.15, -0.1) is 26.3 Å². The van der Waals surface area contributed by atoms with Crippen molar-refractivity contribution in [1.29, 1.82) is 0 Å². The predicted molar refractivity (Wildman–Crippen MR) is 548 cm³/mol. The molecule has 8 heterocycles. The largest absolute Gasteiger partial charge is 0.488 e. The van der Waals surface area contributed by atoms with Gasteiger partial charge in [0.25, 0.3) is 0 Å². The number of nitrogens with two attached hydrogens (primary N) is 2. The number of carbonyl (C=O) groups excluding carboxylic acids is 5. The topological polar surface area (TPSA) is 418 Å². The van der Waals surface area contributed by atoms with Gasteiger partial charge in [0, 0.05) is 112 Å². The molecule has 5 amide bonds. The maximum atomic E-state index is 12.9. The molecule has 9 fully saturated rings. The van der Waals surface area contributed by atoms with Crippen LogP contribution in [0, 0.1) is 68.5 Å². The molecule has 0 aromatic rings. The molecule has 9 rings (SSSR count). The first-order chi connectivity index (χ1) is 60.1. The molecule has 0 bridgehead atoms. The standard InChI is InChI=1S/C20H39BN2O3.2C14H26N2O.C14H25NO.C13H24N2O.2C9H19BN2O4.C6H12BO2.CH4/c1-17(2,3)22-16(24)20(8)12-15(13-23(9)14-20)10-11-21-25-18(4,5)19(6,7)26-21;2*1-7-11-8-14(5,10-16(6)9-11)12(17)15-13(2,3)4;1-6-11-8-7-9-14(5,10-11)12(16)15-13(2,3)4;1-6-10-7-13(5,9-14-8-10)11(16)15-12(2,3)4;2*1-12-5-7(2-3-10(15)16)4-9(11,6-12)8(13)14;1-5(2)6(3,4)9-7-8-5;/h15H,10-14H2,1-9H3,(H,22,24);2*7,11H,1,8-10H2,2-6H3,(H,15,17);6,11H,1,7-10H2,2-5H3,(H,15,16);6,10,14H,1,7-9H2,2-5H3,(H,15,16);2*7,15-16H,2-6,11H2,1H3,(H,13,14);1-4H3;1H4/t15-,20-;3*11-,14-;10-,13-;2*7-,9+;;/m0001000../s1. The Morgan fingerprint density at radius 2 is 0.701 bits per heavy atom. The summed E-state index contributed by atoms with van der Waals surface area (Å²) in [7, 11) is 8.51. The molecule has 34 heteroatoms. The molecule has 8 aliphatic heterocycles. The molecule has 0 spiro atoms. The minimum absolute atomic E-state index is 0. The highest BCUT2D eigenvalue weighted by Gasteiger charge is 2.53. The van der Waals surface area contributed by atoms with E-state index >= 15 is 0 Å². The van der Waals surface area contributed by atoms with Crippen LogP contribution in [0.2, 0.25) is 19.0 Å². The number of aliphatic carboxylic acids is 2. The second-order valence-corrected chi connectivity index (χ2v) is 49.5. The normalized spacial score (nSPS) is 30.9. The lowest BCUT2D eigenvalue weighted by molar-refractivity contribution is -0.147. The number of piperidine rings is 6. The Hall–Kier alpha value is -5.13. The van der Waals surface area contributed by atoms with E-state index in [9.17, 15) is 33.6 Å². The monoisotopic (exact) mass is 1890 g/mol. The van der Waals surface area contributed by atoms with E-state index in [1.165, 1.54) is 14.1 Å². The molecule has 1 aliphatic carbocycles. The van der Waals surface area contributed by atoms with Crippen LogP contribution < -0.4 is 43.4 Å². The highest BCUT2D eigenvalue weighted by Crippen LogP contribution is 2.44. The van der Waals surface area contributed by atoms with Crippen molar-refractivity contribution in [3.05, 3.63) is 50.6 Å². The molecule has 30 nitrogen and oxygen atoms in total. The third kappa shape index (κ3) is 43.5. The number of amides is 5. The molecule has 134 heavy (non-hydrogen) atoms. The van der Waals surface area contributed by atoms with Gasteiger partial charge in [-0.3, -0.25) is 33.6 Å². The van der Waals surface area contributed by atoms with Gasteiger partial charge in [0.05, 0.1) is 44.1 Å². The fraction of sp³-hybridized carbons (Fsp3) is 0.850. The predicted octanol–water partition coefficient (Wildman–Crippen LogP) is 11.3. The number of nitrogens with one attached hydrogen (secondary N) is 6. The van der Waals surface area contributed by atoms with Crippen molar-refractivity contribution >= 4 is 70.5 Å². The summed E-state index contributed by atoms with van der Waals surface area (Å²) in [4.78, 5) is 94.7. The van der Waals surface area contributed by atoms with Crippen LogP contribution in [0.25, 0.3) is 0 Å². The van der Waals surface area contributed by atoms with Gasteiger partial charge in [-0.05, 0) is 340 Å². The van der Waals surface area contributed by atoms with Gasteiger partial charge < -0.3 is 117 Å². The SMILES string of the molecule is C.C=C[C@@H]1CCC[C@@](C)(C(=O)NC(C)(C)C)C1.C=C[C@@H]1CN(C)C[C@@](C)(C(=O)NC(C)(C)C)C1.C=C[C@@H]1CN(C)C[C@@](C)(C(=O)NC(C)(C)C)C1.C=C[C@@H]1CNC[C@@](C)(C(=O)NC(C)(C)C)C1.CC1(C)O[B]OC1(C)C.CN1C[C@@H](CCB(O)O)C[C@](N)(C(=O)O)C1.CN1C[C@@H](CCB(O)O)C[C@](N)(C(=O)O)C1.CN1C[C@@H](CCB2OC(C)(C)C(C)(C)O2)C[C@](C)(C(=O)NC(C)(C)C)C1. The summed E-state index contributed by atoms with van der Waals surface area (Å²) >= 11 is 0. The third-order valence-corrected chi connectivity index (χ3v) is 27.2. The van der Waals surface area contributed by atoms with Crippen LogP contribution in [-0.2, 0) is 52.2 Å². The number of likely N-dealkylation sites (N-methyl/N-ethyl adjacent to an activating group) is 2.